The molecule has 0 aliphatic carbocycles. The quantitative estimate of drug-likeness (QED) is 0.149. The first-order chi connectivity index (χ1) is 49.5. The summed E-state index contributed by atoms with van der Waals surface area (Å²) < 4.78 is 0. The molecule has 0 heterocycles. The van der Waals surface area contributed by atoms with Crippen LogP contribution in [0.1, 0.15) is 194 Å². The molecule has 0 radical (unpaired) electrons. The molecule has 28 aromatic carbocycles. The lowest BCUT2D eigenvalue weighted by atomic mass is 9.82. The smallest absolute Gasteiger partial charge is 0.0473 e. The van der Waals surface area contributed by atoms with Gasteiger partial charge in [0.05, 0.1) is 0 Å². The van der Waals surface area contributed by atoms with E-state index in [1.165, 1.54) is 197 Å². The van der Waals surface area contributed by atoms with Crippen LogP contribution in [0.2, 0.25) is 0 Å². The van der Waals surface area contributed by atoms with Crippen molar-refractivity contribution >= 4 is 141 Å². The summed E-state index contributed by atoms with van der Waals surface area (Å²) in [5.41, 5.74) is 41.7. The third-order valence-electron chi connectivity index (χ3n) is 24.3. The van der Waals surface area contributed by atoms with E-state index < -0.39 is 0 Å². The summed E-state index contributed by atoms with van der Waals surface area (Å²) in [5, 5.41) is 29.0. The molecule has 0 fully saturated rings. The minimum Gasteiger partial charge on any atom is -0.398 e. The molecule has 2 nitrogen and oxygen atoms in total. The fourth-order valence-electron chi connectivity index (χ4n) is 18.2. The number of anilines is 2. The number of para-hydroxylation sites is 2. The molecular weight excluding hydrogens is 1280 g/mol. The first-order valence-electron chi connectivity index (χ1n) is 38.6. The van der Waals surface area contributed by atoms with E-state index in [0.717, 1.165) is 54.5 Å². The van der Waals surface area contributed by atoms with Gasteiger partial charge >= 0.3 is 0 Å². The first-order valence-corrected chi connectivity index (χ1v) is 38.6. The van der Waals surface area contributed by atoms with Crippen molar-refractivity contribution in [3.05, 3.63) is 269 Å². The lowest BCUT2D eigenvalue weighted by Gasteiger charge is -2.22. The van der Waals surface area contributed by atoms with Gasteiger partial charge in [-0.3, -0.25) is 0 Å². The Morgan fingerprint density at radius 3 is 0.462 bits per heavy atom. The van der Waals surface area contributed by atoms with Crippen LogP contribution >= 0.6 is 0 Å². The molecular formula is C104H114N2. The van der Waals surface area contributed by atoms with Gasteiger partial charge in [-0.15, -0.1) is 0 Å². The molecule has 4 N–H and O–H groups in total. The summed E-state index contributed by atoms with van der Waals surface area (Å²) in [6.07, 6.45) is 0. The zero-order valence-corrected chi connectivity index (χ0v) is 69.2. The van der Waals surface area contributed by atoms with Crippen molar-refractivity contribution in [3.63, 3.8) is 0 Å². The molecule has 28 rings (SSSR count). The average molecular weight is 1390 g/mol. The van der Waals surface area contributed by atoms with Crippen molar-refractivity contribution in [2.45, 2.75) is 216 Å². The summed E-state index contributed by atoms with van der Waals surface area (Å²) >= 11 is 0. The van der Waals surface area contributed by atoms with Gasteiger partial charge in [-0.25, -0.2) is 0 Å². The monoisotopic (exact) mass is 1390 g/mol. The number of nitrogen functional groups attached to an aromatic ring is 2. The van der Waals surface area contributed by atoms with Crippen LogP contribution in [0.3, 0.4) is 0 Å². The van der Waals surface area contributed by atoms with Gasteiger partial charge in [0.2, 0.25) is 0 Å². The van der Waals surface area contributed by atoms with Gasteiger partial charge in [-0.1, -0.05) is 217 Å². The number of rotatable bonds is 0. The number of hydrogen-bond donors (Lipinski definition) is 2. The number of hydrogen-bond acceptors (Lipinski definition) is 2. The highest BCUT2D eigenvalue weighted by Crippen LogP contribution is 2.44. The highest BCUT2D eigenvalue weighted by atomic mass is 14.6. The number of aryl methyl sites for hydroxylation is 16. The van der Waals surface area contributed by atoms with Gasteiger partial charge in [-0.05, 0) is 376 Å². The maximum atomic E-state index is 7.52. The Kier molecular flexibility index (Phi) is 18.7. The standard InChI is InChI=1S/C104H114N2/c1-55-35-71-36-56(2)91(55)75-43-79(51-83(47-75)101(17,18)19)95-63(9)65(11)96(66(12)64(95)10)80-44-77(49-84(52-80)102(20,21)22)93-59(5)39-73(40-60(93)6)89-33-30-34-90(100(89)106)74-41-61(7)94(62(8)42-74)78-46-82(54-86(50-78)104(26,27)28)98-69(15)67(13)97(68(14)70(98)16)81-45-76(48-85(53-81)103(23,24)25)92-57(3)37-72(38-58(92)4)88-32-29-31-87(71)99(88)105/h29-54H,105-106H2,1-28H3. The largest absolute Gasteiger partial charge is 0.398 e. The Balaban J connectivity index is 1.17. The van der Waals surface area contributed by atoms with Crippen molar-refractivity contribution in [3.8, 4) is 0 Å². The maximum Gasteiger partial charge on any atom is 0.0473 e. The van der Waals surface area contributed by atoms with Crippen LogP contribution < -0.4 is 11.5 Å². The molecule has 0 saturated heterocycles. The Hall–Kier alpha value is -9.76. The Labute approximate surface area is 632 Å². The van der Waals surface area contributed by atoms with Crippen molar-refractivity contribution in [1.82, 2.24) is 0 Å². The zero-order valence-electron chi connectivity index (χ0n) is 69.2. The van der Waals surface area contributed by atoms with Crippen LogP contribution in [0, 0.1) is 111 Å². The summed E-state index contributed by atoms with van der Waals surface area (Å²) in [6, 6.07) is 61.7. The maximum absolute atomic E-state index is 7.52. The van der Waals surface area contributed by atoms with Gasteiger partial charge in [0.15, 0.2) is 0 Å². The van der Waals surface area contributed by atoms with Gasteiger partial charge in [-0.2, -0.15) is 0 Å². The third kappa shape index (κ3) is 13.1. The topological polar surface area (TPSA) is 52.0 Å². The Morgan fingerprint density at radius 2 is 0.321 bits per heavy atom. The van der Waals surface area contributed by atoms with E-state index in [2.05, 4.69) is 352 Å². The molecule has 0 saturated carbocycles. The van der Waals surface area contributed by atoms with E-state index in [1.54, 1.807) is 0 Å². The van der Waals surface area contributed by atoms with Crippen LogP contribution in [-0.4, -0.2) is 0 Å². The second kappa shape index (κ2) is 26.6. The predicted molar refractivity (Wildman–Crippen MR) is 475 cm³/mol. The molecule has 0 aliphatic rings. The molecule has 106 heavy (non-hydrogen) atoms. The van der Waals surface area contributed by atoms with E-state index in [-0.39, 0.29) is 21.7 Å². The van der Waals surface area contributed by atoms with Gasteiger partial charge in [0.1, 0.15) is 0 Å². The molecule has 24 bridgehead atoms. The van der Waals surface area contributed by atoms with Crippen LogP contribution in [0.4, 0.5) is 11.4 Å². The highest BCUT2D eigenvalue weighted by molar-refractivity contribution is 6.12. The molecule has 540 valence electrons. The van der Waals surface area contributed by atoms with Gasteiger partial charge in [0.25, 0.3) is 0 Å². The van der Waals surface area contributed by atoms with E-state index in [9.17, 15) is 0 Å². The number of benzene rings is 12. The van der Waals surface area contributed by atoms with E-state index >= 15 is 0 Å². The van der Waals surface area contributed by atoms with E-state index in [1.807, 2.05) is 0 Å². The fourth-order valence-corrected chi connectivity index (χ4v) is 18.2. The van der Waals surface area contributed by atoms with E-state index in [0.29, 0.717) is 0 Å². The molecule has 0 aromatic heterocycles. The molecule has 0 aliphatic heterocycles. The molecule has 0 amide bonds. The molecule has 0 spiro atoms. The summed E-state index contributed by atoms with van der Waals surface area (Å²) in [7, 11) is 0. The van der Waals surface area contributed by atoms with Crippen molar-refractivity contribution < 1.29 is 0 Å². The lowest BCUT2D eigenvalue weighted by Crippen LogP contribution is -2.11. The average Bonchev–Trinajstić information content (AvgIpc) is 0.747. The van der Waals surface area contributed by atoms with Crippen molar-refractivity contribution in [2.75, 3.05) is 11.5 Å². The van der Waals surface area contributed by atoms with Crippen molar-refractivity contribution in [1.29, 1.82) is 0 Å². The van der Waals surface area contributed by atoms with Crippen LogP contribution in [0.15, 0.2) is 158 Å². The molecule has 0 atom stereocenters. The minimum absolute atomic E-state index is 0.109. The van der Waals surface area contributed by atoms with Crippen molar-refractivity contribution in [2.24, 2.45) is 0 Å². The van der Waals surface area contributed by atoms with Crippen LogP contribution in [-0.2, 0) is 21.7 Å². The highest BCUT2D eigenvalue weighted by Gasteiger charge is 2.24. The molecule has 2 heteroatoms. The normalized spacial score (nSPS) is 12.4. The fraction of sp³-hybridized carbons (Fsp3) is 0.308. The summed E-state index contributed by atoms with van der Waals surface area (Å²) in [5.74, 6) is 0. The zero-order chi connectivity index (χ0) is 76.9. The molecule has 0 unspecified atom stereocenters. The number of nitrogens with two attached hydrogens (primary N) is 2. The Bertz CT molecular complexity index is 5470. The van der Waals surface area contributed by atoms with Crippen LogP contribution in [0.5, 0.6) is 0 Å². The second-order valence-corrected chi connectivity index (χ2v) is 36.2. The summed E-state index contributed by atoms with van der Waals surface area (Å²) in [4.78, 5) is 0. The SMILES string of the molecule is Cc1cc2cc(C)c1c1cc(C(C)(C)C)cc(c1)c1c(C)c(C)c(c(C)c1C)c1cc(C(C)(C)C)cc(c1)c1c(C)cc(cc1C)c1cccc(c1N)c1cc(C)c(c(C)c1)c1cc(C(C)(C)C)cc(c1)c1c(C)c(C)c(c(C)c1C)c1cc(C(C)(C)C)cc(c1)c1c(C)cc(cc1C)c1cccc2c1N. The predicted octanol–water partition coefficient (Wildman–Crippen LogP) is 29.9. The second-order valence-electron chi connectivity index (χ2n) is 36.2. The molecule has 28 aromatic rings. The van der Waals surface area contributed by atoms with E-state index in [4.69, 9.17) is 11.5 Å². The van der Waals surface area contributed by atoms with Crippen LogP contribution in [0.25, 0.3) is 129 Å². The Morgan fingerprint density at radius 1 is 0.179 bits per heavy atom. The summed E-state index contributed by atoms with van der Waals surface area (Å²) in [6.45, 7) is 65.3. The first kappa shape index (κ1) is 74.5. The van der Waals surface area contributed by atoms with Gasteiger partial charge in [0, 0.05) is 32.9 Å². The lowest BCUT2D eigenvalue weighted by molar-refractivity contribution is 0.591. The third-order valence-corrected chi connectivity index (χ3v) is 24.3. The van der Waals surface area contributed by atoms with Gasteiger partial charge < -0.3 is 11.5 Å². The minimum atomic E-state index is -0.109.